The van der Waals surface area contributed by atoms with Gasteiger partial charge < -0.3 is 0 Å². The largest absolute Gasteiger partial charge is 0.260 e. The van der Waals surface area contributed by atoms with E-state index in [1.54, 1.807) is 13.2 Å². The summed E-state index contributed by atoms with van der Waals surface area (Å²) in [6.45, 7) is 1.70. The van der Waals surface area contributed by atoms with Crippen LogP contribution in [-0.2, 0) is 20.8 Å². The first-order valence-electron chi connectivity index (χ1n) is 5.78. The van der Waals surface area contributed by atoms with E-state index in [-0.39, 0.29) is 21.5 Å². The summed E-state index contributed by atoms with van der Waals surface area (Å²) < 4.78 is 37.7. The predicted octanol–water partition coefficient (Wildman–Crippen LogP) is 1.65. The molecule has 0 aliphatic heterocycles. The summed E-state index contributed by atoms with van der Waals surface area (Å²) in [5.74, 6) is 0.428. The molecule has 0 aliphatic carbocycles. The van der Waals surface area contributed by atoms with E-state index in [9.17, 15) is 12.6 Å². The van der Waals surface area contributed by atoms with Crippen LogP contribution in [0.4, 0.5) is 0 Å². The highest BCUT2D eigenvalue weighted by Gasteiger charge is 2.18. The highest BCUT2D eigenvalue weighted by Crippen LogP contribution is 2.20. The molecule has 1 N–H and O–H groups in total. The van der Waals surface area contributed by atoms with Crippen molar-refractivity contribution in [3.05, 3.63) is 28.8 Å². The first kappa shape index (κ1) is 17.1. The maximum atomic E-state index is 12.1. The van der Waals surface area contributed by atoms with Crippen LogP contribution in [0, 0.1) is 11.3 Å². The Hall–Kier alpha value is -0.940. The summed E-state index contributed by atoms with van der Waals surface area (Å²) in [5.41, 5.74) is 0.222. The van der Waals surface area contributed by atoms with Crippen LogP contribution in [0.15, 0.2) is 23.1 Å². The molecule has 0 aliphatic rings. The smallest absolute Gasteiger partial charge is 0.240 e. The predicted molar refractivity (Wildman–Crippen MR) is 79.5 cm³/mol. The SMILES string of the molecule is CC(CCS(C)=O)NS(=O)(=O)c1ccc(C#N)c(Cl)c1. The molecule has 0 radical (unpaired) electrons. The van der Waals surface area contributed by atoms with Gasteiger partial charge in [-0.05, 0) is 31.5 Å². The Kier molecular flexibility index (Phi) is 6.14. The van der Waals surface area contributed by atoms with E-state index in [0.717, 1.165) is 0 Å². The Morgan fingerprint density at radius 2 is 2.15 bits per heavy atom. The maximum Gasteiger partial charge on any atom is 0.240 e. The molecule has 0 spiro atoms. The molecule has 5 nitrogen and oxygen atoms in total. The van der Waals surface area contributed by atoms with E-state index in [1.807, 2.05) is 6.07 Å². The maximum absolute atomic E-state index is 12.1. The number of nitriles is 1. The molecule has 2 unspecified atom stereocenters. The summed E-state index contributed by atoms with van der Waals surface area (Å²) in [5, 5.41) is 8.85. The third-order valence-corrected chi connectivity index (χ3v) is 5.28. The Balaban J connectivity index is 2.86. The fraction of sp³-hybridized carbons (Fsp3) is 0.417. The molecule has 110 valence electrons. The highest BCUT2D eigenvalue weighted by molar-refractivity contribution is 7.89. The molecule has 1 aromatic rings. The van der Waals surface area contributed by atoms with Gasteiger partial charge in [-0.25, -0.2) is 13.1 Å². The lowest BCUT2D eigenvalue weighted by Gasteiger charge is -2.13. The molecular weight excluding hydrogens is 320 g/mol. The van der Waals surface area contributed by atoms with Gasteiger partial charge in [-0.3, -0.25) is 4.21 Å². The molecule has 0 saturated heterocycles. The van der Waals surface area contributed by atoms with Crippen molar-refractivity contribution < 1.29 is 12.6 Å². The fourth-order valence-electron chi connectivity index (χ4n) is 1.49. The summed E-state index contributed by atoms with van der Waals surface area (Å²) in [4.78, 5) is 0.00553. The zero-order valence-electron chi connectivity index (χ0n) is 11.1. The Morgan fingerprint density at radius 1 is 1.50 bits per heavy atom. The van der Waals surface area contributed by atoms with Crippen LogP contribution in [0.1, 0.15) is 18.9 Å². The molecule has 20 heavy (non-hydrogen) atoms. The molecule has 0 fully saturated rings. The van der Waals surface area contributed by atoms with Gasteiger partial charge in [0.25, 0.3) is 0 Å². The second-order valence-corrected chi connectivity index (χ2v) is 8.02. The number of sulfonamides is 1. The number of hydrogen-bond acceptors (Lipinski definition) is 4. The number of rotatable bonds is 6. The lowest BCUT2D eigenvalue weighted by Crippen LogP contribution is -2.33. The van der Waals surface area contributed by atoms with Crippen molar-refractivity contribution in [2.24, 2.45) is 0 Å². The molecule has 0 aromatic heterocycles. The topological polar surface area (TPSA) is 87.0 Å². The summed E-state index contributed by atoms with van der Waals surface area (Å²) in [6.07, 6.45) is 2.05. The minimum Gasteiger partial charge on any atom is -0.260 e. The number of hydrogen-bond donors (Lipinski definition) is 1. The zero-order valence-corrected chi connectivity index (χ0v) is 13.5. The van der Waals surface area contributed by atoms with Crippen LogP contribution in [-0.4, -0.2) is 30.7 Å². The highest BCUT2D eigenvalue weighted by atomic mass is 35.5. The van der Waals surface area contributed by atoms with Gasteiger partial charge in [0, 0.05) is 28.9 Å². The van der Waals surface area contributed by atoms with Crippen LogP contribution in [0.25, 0.3) is 0 Å². The second-order valence-electron chi connectivity index (χ2n) is 4.34. The van der Waals surface area contributed by atoms with E-state index in [1.165, 1.54) is 18.2 Å². The van der Waals surface area contributed by atoms with Gasteiger partial charge in [0.15, 0.2) is 0 Å². The molecule has 0 heterocycles. The van der Waals surface area contributed by atoms with Crippen molar-refractivity contribution in [1.29, 1.82) is 5.26 Å². The number of nitrogens with one attached hydrogen (secondary N) is 1. The van der Waals surface area contributed by atoms with E-state index in [4.69, 9.17) is 16.9 Å². The fourth-order valence-corrected chi connectivity index (χ4v) is 3.77. The Morgan fingerprint density at radius 3 is 2.65 bits per heavy atom. The van der Waals surface area contributed by atoms with Gasteiger partial charge in [0.1, 0.15) is 6.07 Å². The third kappa shape index (κ3) is 4.87. The van der Waals surface area contributed by atoms with Crippen LogP contribution < -0.4 is 4.72 Å². The van der Waals surface area contributed by atoms with Crippen molar-refractivity contribution in [1.82, 2.24) is 4.72 Å². The van der Waals surface area contributed by atoms with Gasteiger partial charge in [-0.15, -0.1) is 0 Å². The van der Waals surface area contributed by atoms with Gasteiger partial charge in [0.05, 0.1) is 15.5 Å². The lowest BCUT2D eigenvalue weighted by molar-refractivity contribution is 0.556. The molecule has 0 saturated carbocycles. The standard InChI is InChI=1S/C12H15ClN2O3S2/c1-9(5-6-19(2)16)15-20(17,18)11-4-3-10(8-14)12(13)7-11/h3-4,7,9,15H,5-6H2,1-2H3. The lowest BCUT2D eigenvalue weighted by atomic mass is 10.2. The van der Waals surface area contributed by atoms with E-state index in [2.05, 4.69) is 4.72 Å². The molecular formula is C12H15ClN2O3S2. The molecule has 1 aromatic carbocycles. The zero-order chi connectivity index (χ0) is 15.3. The van der Waals surface area contributed by atoms with E-state index >= 15 is 0 Å². The molecule has 0 amide bonds. The quantitative estimate of drug-likeness (QED) is 0.856. The first-order valence-corrected chi connectivity index (χ1v) is 9.37. The minimum atomic E-state index is -3.70. The molecule has 8 heteroatoms. The van der Waals surface area contributed by atoms with E-state index < -0.39 is 20.8 Å². The second kappa shape index (κ2) is 7.18. The van der Waals surface area contributed by atoms with Crippen LogP contribution in [0.2, 0.25) is 5.02 Å². The monoisotopic (exact) mass is 334 g/mol. The van der Waals surface area contributed by atoms with Gasteiger partial charge in [0.2, 0.25) is 10.0 Å². The molecule has 2 atom stereocenters. The number of benzene rings is 1. The average molecular weight is 335 g/mol. The van der Waals surface area contributed by atoms with E-state index in [0.29, 0.717) is 12.2 Å². The van der Waals surface area contributed by atoms with Gasteiger partial charge >= 0.3 is 0 Å². The summed E-state index contributed by atoms with van der Waals surface area (Å²) >= 11 is 5.82. The normalized spacial score (nSPS) is 14.5. The summed E-state index contributed by atoms with van der Waals surface area (Å²) in [6, 6.07) is 5.47. The Labute approximate surface area is 126 Å². The van der Waals surface area contributed by atoms with Crippen LogP contribution in [0.3, 0.4) is 0 Å². The first-order chi connectivity index (χ1) is 9.26. The molecule has 1 rings (SSSR count). The third-order valence-electron chi connectivity index (χ3n) is 2.57. The summed E-state index contributed by atoms with van der Waals surface area (Å²) in [7, 11) is -4.66. The van der Waals surface area contributed by atoms with Crippen molar-refractivity contribution in [2.75, 3.05) is 12.0 Å². The number of nitrogens with zero attached hydrogens (tertiary/aromatic N) is 1. The minimum absolute atomic E-state index is 0.00553. The van der Waals surface area contributed by atoms with Crippen LogP contribution >= 0.6 is 11.6 Å². The van der Waals surface area contributed by atoms with Gasteiger partial charge in [-0.2, -0.15) is 5.26 Å². The van der Waals surface area contributed by atoms with Crippen molar-refractivity contribution >= 4 is 32.4 Å². The van der Waals surface area contributed by atoms with Crippen molar-refractivity contribution in [3.8, 4) is 6.07 Å². The Bertz CT molecular complexity index is 653. The van der Waals surface area contributed by atoms with Crippen molar-refractivity contribution in [2.45, 2.75) is 24.3 Å². The van der Waals surface area contributed by atoms with Gasteiger partial charge in [-0.1, -0.05) is 11.6 Å². The molecule has 0 bridgehead atoms. The number of halogens is 1. The average Bonchev–Trinajstić information content (AvgIpc) is 2.35. The van der Waals surface area contributed by atoms with Crippen molar-refractivity contribution in [3.63, 3.8) is 0 Å². The van der Waals surface area contributed by atoms with Crippen LogP contribution in [0.5, 0.6) is 0 Å².